The first kappa shape index (κ1) is 29.7. The standard InChI is InChI=1S/C25H28F6N8O3/c1-13(34-16-9-33-35-21(40)19(16)25(29,30)31)10-37-4-3-14(11-37)22(41)38-5-6-39-18(12-38)23(42)36(2)17-7-15(24(26,27)28)8-32-20(17)39/h7-9,13-14,18-19H,3-6,10-12H2,1-2H3,(H,35,40). The van der Waals surface area contributed by atoms with Gasteiger partial charge in [0.1, 0.15) is 6.04 Å². The number of rotatable bonds is 4. The van der Waals surface area contributed by atoms with E-state index in [0.717, 1.165) is 23.4 Å². The molecule has 2 saturated heterocycles. The average Bonchev–Trinajstić information content (AvgIpc) is 3.37. The number of nitrogens with one attached hydrogen (secondary N) is 1. The highest BCUT2D eigenvalue weighted by molar-refractivity contribution is 6.37. The van der Waals surface area contributed by atoms with Crippen LogP contribution in [0.2, 0.25) is 0 Å². The number of carbonyl (C=O) groups is 3. The first-order valence-corrected chi connectivity index (χ1v) is 13.2. The molecule has 0 saturated carbocycles. The van der Waals surface area contributed by atoms with Gasteiger partial charge < -0.3 is 19.6 Å². The molecule has 17 heteroatoms. The molecule has 3 amide bonds. The van der Waals surface area contributed by atoms with Crippen molar-refractivity contribution in [3.8, 4) is 0 Å². The molecule has 1 aromatic heterocycles. The zero-order valence-electron chi connectivity index (χ0n) is 22.6. The number of nitrogens with zero attached hydrogens (tertiary/aromatic N) is 7. The van der Waals surface area contributed by atoms with Gasteiger partial charge in [-0.05, 0) is 26.0 Å². The van der Waals surface area contributed by atoms with Crippen LogP contribution in [0.4, 0.5) is 37.8 Å². The predicted molar refractivity (Wildman–Crippen MR) is 138 cm³/mol. The van der Waals surface area contributed by atoms with Crippen molar-refractivity contribution in [3.05, 3.63) is 17.8 Å². The molecular formula is C25H28F6N8O3. The van der Waals surface area contributed by atoms with Crippen LogP contribution in [0.5, 0.6) is 0 Å². The number of amides is 3. The number of hydrogen-bond donors (Lipinski definition) is 1. The lowest BCUT2D eigenvalue weighted by molar-refractivity contribution is -0.168. The number of halogens is 6. The second-order valence-corrected chi connectivity index (χ2v) is 10.8. The third-order valence-corrected chi connectivity index (χ3v) is 7.89. The number of aliphatic imine (C=N–C) groups is 1. The fourth-order valence-corrected chi connectivity index (χ4v) is 5.85. The Bertz CT molecular complexity index is 1330. The van der Waals surface area contributed by atoms with E-state index in [4.69, 9.17) is 0 Å². The van der Waals surface area contributed by atoms with Crippen molar-refractivity contribution < 1.29 is 40.7 Å². The van der Waals surface area contributed by atoms with Gasteiger partial charge in [-0.25, -0.2) is 10.4 Å². The summed E-state index contributed by atoms with van der Waals surface area (Å²) in [5.74, 6) is -4.48. The summed E-state index contributed by atoms with van der Waals surface area (Å²) in [4.78, 5) is 52.6. The highest BCUT2D eigenvalue weighted by Gasteiger charge is 2.49. The van der Waals surface area contributed by atoms with E-state index in [0.29, 0.717) is 19.5 Å². The summed E-state index contributed by atoms with van der Waals surface area (Å²) < 4.78 is 79.7. The molecule has 42 heavy (non-hydrogen) atoms. The summed E-state index contributed by atoms with van der Waals surface area (Å²) in [5, 5.41) is 3.44. The van der Waals surface area contributed by atoms with E-state index in [1.807, 2.05) is 4.90 Å². The lowest BCUT2D eigenvalue weighted by atomic mass is 10.0. The maximum absolute atomic E-state index is 13.4. The maximum Gasteiger partial charge on any atom is 0.417 e. The van der Waals surface area contributed by atoms with Crippen molar-refractivity contribution in [2.24, 2.45) is 21.9 Å². The molecule has 0 aliphatic carbocycles. The van der Waals surface area contributed by atoms with E-state index in [1.165, 1.54) is 7.05 Å². The molecule has 1 aromatic rings. The highest BCUT2D eigenvalue weighted by Crippen LogP contribution is 2.39. The van der Waals surface area contributed by atoms with Crippen LogP contribution in [-0.4, -0.2) is 109 Å². The molecule has 0 bridgehead atoms. The van der Waals surface area contributed by atoms with Gasteiger partial charge in [0.15, 0.2) is 11.7 Å². The summed E-state index contributed by atoms with van der Waals surface area (Å²) in [6, 6.07) is -0.513. The number of alkyl halides is 6. The molecule has 4 unspecified atom stereocenters. The number of fused-ring (bicyclic) bond motifs is 3. The fourth-order valence-electron chi connectivity index (χ4n) is 5.85. The third kappa shape index (κ3) is 5.65. The van der Waals surface area contributed by atoms with Crippen LogP contribution in [0.25, 0.3) is 0 Å². The third-order valence-electron chi connectivity index (χ3n) is 7.89. The molecular weight excluding hydrogens is 574 g/mol. The smallest absolute Gasteiger partial charge is 0.339 e. The minimum absolute atomic E-state index is 0.0466. The van der Waals surface area contributed by atoms with Crippen molar-refractivity contribution in [3.63, 3.8) is 0 Å². The van der Waals surface area contributed by atoms with E-state index in [-0.39, 0.29) is 43.6 Å². The van der Waals surface area contributed by atoms with Gasteiger partial charge in [0, 0.05) is 39.4 Å². The number of carbonyl (C=O) groups excluding carboxylic acids is 3. The van der Waals surface area contributed by atoms with Crippen molar-refractivity contribution in [2.45, 2.75) is 37.8 Å². The molecule has 1 N–H and O–H groups in total. The molecule has 5 rings (SSSR count). The van der Waals surface area contributed by atoms with Crippen LogP contribution in [-0.2, 0) is 20.6 Å². The fraction of sp³-hybridized carbons (Fsp3) is 0.600. The molecule has 4 atom stereocenters. The lowest BCUT2D eigenvalue weighted by Crippen LogP contribution is -2.63. The van der Waals surface area contributed by atoms with Gasteiger partial charge in [0.2, 0.25) is 5.91 Å². The first-order valence-electron chi connectivity index (χ1n) is 13.2. The molecule has 11 nitrogen and oxygen atoms in total. The van der Waals surface area contributed by atoms with E-state index in [2.05, 4.69) is 15.1 Å². The zero-order valence-corrected chi connectivity index (χ0v) is 22.6. The van der Waals surface area contributed by atoms with Gasteiger partial charge >= 0.3 is 12.4 Å². The lowest BCUT2D eigenvalue weighted by Gasteiger charge is -2.47. The molecule has 0 aromatic carbocycles. The number of pyridine rings is 1. The predicted octanol–water partition coefficient (Wildman–Crippen LogP) is 1.54. The average molecular weight is 603 g/mol. The van der Waals surface area contributed by atoms with Crippen LogP contribution >= 0.6 is 0 Å². The number of hydrazone groups is 1. The van der Waals surface area contributed by atoms with E-state index >= 15 is 0 Å². The van der Waals surface area contributed by atoms with Crippen molar-refractivity contribution in [1.82, 2.24) is 20.2 Å². The van der Waals surface area contributed by atoms with E-state index < -0.39 is 59.4 Å². The zero-order chi connectivity index (χ0) is 30.6. The molecule has 0 radical (unpaired) electrons. The first-order chi connectivity index (χ1) is 19.6. The monoisotopic (exact) mass is 602 g/mol. The largest absolute Gasteiger partial charge is 0.417 e. The molecule has 2 fully saturated rings. The summed E-state index contributed by atoms with van der Waals surface area (Å²) in [6.07, 6.45) is -7.31. The van der Waals surface area contributed by atoms with E-state index in [1.54, 1.807) is 22.1 Å². The van der Waals surface area contributed by atoms with Gasteiger partial charge in [0.05, 0.1) is 41.7 Å². The Balaban J connectivity index is 1.21. The Morgan fingerprint density at radius 1 is 1.14 bits per heavy atom. The van der Waals surface area contributed by atoms with Gasteiger partial charge in [-0.1, -0.05) is 0 Å². The van der Waals surface area contributed by atoms with Crippen LogP contribution in [0.3, 0.4) is 0 Å². The summed E-state index contributed by atoms with van der Waals surface area (Å²) in [6.45, 7) is 3.22. The minimum atomic E-state index is -4.82. The second-order valence-electron chi connectivity index (χ2n) is 10.8. The number of likely N-dealkylation sites (tertiary alicyclic amines) is 1. The number of anilines is 2. The number of piperazine rings is 1. The van der Waals surface area contributed by atoms with E-state index in [9.17, 15) is 40.7 Å². The van der Waals surface area contributed by atoms with Gasteiger partial charge in [0.25, 0.3) is 11.8 Å². The molecule has 4 aliphatic rings. The Labute approximate surface area is 236 Å². The van der Waals surface area contributed by atoms with Gasteiger partial charge in [-0.2, -0.15) is 31.4 Å². The van der Waals surface area contributed by atoms with Crippen LogP contribution in [0.15, 0.2) is 22.4 Å². The number of hydrogen-bond acceptors (Lipinski definition) is 8. The summed E-state index contributed by atoms with van der Waals surface area (Å²) in [5.41, 5.74) is 0.421. The Kier molecular flexibility index (Phi) is 7.66. The topological polar surface area (TPSA) is 114 Å². The van der Waals surface area contributed by atoms with Crippen molar-refractivity contribution in [1.29, 1.82) is 0 Å². The SMILES string of the molecule is CC(CN1CCC(C(=O)N2CCN3c4ncc(C(F)(F)F)cc4N(C)C(=O)C3C2)C1)N=C1C=NNC(=O)C1C(F)(F)F. The van der Waals surface area contributed by atoms with Gasteiger partial charge in [-0.3, -0.25) is 19.4 Å². The summed E-state index contributed by atoms with van der Waals surface area (Å²) >= 11 is 0. The normalized spacial score (nSPS) is 26.8. The molecule has 228 valence electrons. The van der Waals surface area contributed by atoms with Crippen molar-refractivity contribution in [2.75, 3.05) is 56.1 Å². The highest BCUT2D eigenvalue weighted by atomic mass is 19.4. The Morgan fingerprint density at radius 3 is 2.57 bits per heavy atom. The molecule has 5 heterocycles. The number of aromatic nitrogens is 1. The van der Waals surface area contributed by atoms with Crippen LogP contribution < -0.4 is 15.2 Å². The molecule has 4 aliphatic heterocycles. The summed E-state index contributed by atoms with van der Waals surface area (Å²) in [7, 11) is 1.38. The van der Waals surface area contributed by atoms with Gasteiger partial charge in [-0.15, -0.1) is 0 Å². The van der Waals surface area contributed by atoms with Crippen molar-refractivity contribution >= 4 is 41.2 Å². The Hall–Kier alpha value is -3.76. The quantitative estimate of drug-likeness (QED) is 0.524. The maximum atomic E-state index is 13.4. The molecule has 0 spiro atoms. The van der Waals surface area contributed by atoms with Crippen LogP contribution in [0, 0.1) is 11.8 Å². The Morgan fingerprint density at radius 2 is 1.88 bits per heavy atom. The minimum Gasteiger partial charge on any atom is -0.339 e. The van der Waals surface area contributed by atoms with Crippen LogP contribution in [0.1, 0.15) is 18.9 Å². The number of likely N-dealkylation sites (N-methyl/N-ethyl adjacent to an activating group) is 1. The second kappa shape index (κ2) is 10.8.